The molecular weight excluding hydrogens is 448 g/mol. The Bertz CT molecular complexity index is 1180. The van der Waals surface area contributed by atoms with Gasteiger partial charge in [0.2, 0.25) is 21.1 Å². The van der Waals surface area contributed by atoms with E-state index in [1.165, 1.54) is 15.0 Å². The molecule has 1 heterocycles. The third-order valence-corrected chi connectivity index (χ3v) is 7.90. The van der Waals surface area contributed by atoms with Gasteiger partial charge in [-0.15, -0.1) is 10.2 Å². The Kier molecular flexibility index (Phi) is 7.54. The molecule has 9 nitrogen and oxygen atoms in total. The molecular formula is C21H26N6O3S2. The van der Waals surface area contributed by atoms with Crippen molar-refractivity contribution in [3.05, 3.63) is 54.6 Å². The SMILES string of the molecule is CCN(CC)S(=O)(=O)c1cccc(-c2nnc(SC(C)C(=O)Nc3ccccc3)n2N)c1. The fraction of sp³-hybridized carbons (Fsp3) is 0.286. The molecule has 1 unspecified atom stereocenters. The first kappa shape index (κ1) is 23.8. The van der Waals surface area contributed by atoms with E-state index in [1.807, 2.05) is 18.2 Å². The topological polar surface area (TPSA) is 123 Å². The first-order valence-electron chi connectivity index (χ1n) is 10.1. The predicted octanol–water partition coefficient (Wildman–Crippen LogP) is 2.81. The average molecular weight is 475 g/mol. The van der Waals surface area contributed by atoms with Gasteiger partial charge in [0.1, 0.15) is 0 Å². The van der Waals surface area contributed by atoms with Crippen LogP contribution < -0.4 is 11.2 Å². The van der Waals surface area contributed by atoms with E-state index in [4.69, 9.17) is 5.84 Å². The molecule has 0 aliphatic carbocycles. The lowest BCUT2D eigenvalue weighted by atomic mass is 10.2. The van der Waals surface area contributed by atoms with Crippen molar-refractivity contribution >= 4 is 33.4 Å². The molecule has 0 aliphatic heterocycles. The molecule has 32 heavy (non-hydrogen) atoms. The lowest BCUT2D eigenvalue weighted by Crippen LogP contribution is -2.30. The summed E-state index contributed by atoms with van der Waals surface area (Å²) in [6.45, 7) is 6.08. The highest BCUT2D eigenvalue weighted by Gasteiger charge is 2.24. The standard InChI is InChI=1S/C21H26N6O3S2/c1-4-26(5-2)32(29,30)18-13-9-10-16(14-18)19-24-25-21(27(19)22)31-15(3)20(28)23-17-11-7-6-8-12-17/h6-15H,4-5,22H2,1-3H3,(H,23,28). The lowest BCUT2D eigenvalue weighted by molar-refractivity contribution is -0.115. The fourth-order valence-electron chi connectivity index (χ4n) is 3.04. The van der Waals surface area contributed by atoms with Gasteiger partial charge < -0.3 is 11.2 Å². The maximum Gasteiger partial charge on any atom is 0.243 e. The second-order valence-corrected chi connectivity index (χ2v) is 10.2. The van der Waals surface area contributed by atoms with Gasteiger partial charge in [-0.3, -0.25) is 4.79 Å². The highest BCUT2D eigenvalue weighted by Crippen LogP contribution is 2.27. The molecule has 1 aromatic heterocycles. The number of amides is 1. The van der Waals surface area contributed by atoms with Gasteiger partial charge in [0.05, 0.1) is 10.1 Å². The van der Waals surface area contributed by atoms with Crippen molar-refractivity contribution in [1.82, 2.24) is 19.2 Å². The number of rotatable bonds is 9. The zero-order chi connectivity index (χ0) is 23.3. The van der Waals surface area contributed by atoms with Crippen molar-refractivity contribution < 1.29 is 13.2 Å². The summed E-state index contributed by atoms with van der Waals surface area (Å²) in [5.74, 6) is 6.30. The minimum Gasteiger partial charge on any atom is -0.335 e. The molecule has 3 aromatic rings. The summed E-state index contributed by atoms with van der Waals surface area (Å²) in [6, 6.07) is 15.6. The number of carbonyl (C=O) groups is 1. The van der Waals surface area contributed by atoms with Crippen molar-refractivity contribution in [3.8, 4) is 11.4 Å². The zero-order valence-electron chi connectivity index (χ0n) is 18.1. The largest absolute Gasteiger partial charge is 0.335 e. The number of carbonyl (C=O) groups excluding carboxylic acids is 1. The van der Waals surface area contributed by atoms with Crippen LogP contribution in [-0.2, 0) is 14.8 Å². The number of hydrogen-bond acceptors (Lipinski definition) is 7. The van der Waals surface area contributed by atoms with Gasteiger partial charge in [0.15, 0.2) is 5.82 Å². The zero-order valence-corrected chi connectivity index (χ0v) is 19.7. The van der Waals surface area contributed by atoms with Crippen LogP contribution in [-0.4, -0.2) is 51.8 Å². The molecule has 11 heteroatoms. The summed E-state index contributed by atoms with van der Waals surface area (Å²) < 4.78 is 28.3. The Labute approximate surface area is 192 Å². The fourth-order valence-corrected chi connectivity index (χ4v) is 5.31. The Balaban J connectivity index is 1.80. The van der Waals surface area contributed by atoms with E-state index in [2.05, 4.69) is 15.5 Å². The monoisotopic (exact) mass is 474 g/mol. The van der Waals surface area contributed by atoms with E-state index in [0.29, 0.717) is 35.3 Å². The first-order chi connectivity index (χ1) is 15.3. The number of hydrogen-bond donors (Lipinski definition) is 2. The summed E-state index contributed by atoms with van der Waals surface area (Å²) in [6.07, 6.45) is 0. The quantitative estimate of drug-likeness (QED) is 0.361. The molecule has 170 valence electrons. The number of nitrogens with one attached hydrogen (secondary N) is 1. The van der Waals surface area contributed by atoms with Crippen molar-refractivity contribution in [2.24, 2.45) is 0 Å². The molecule has 0 fully saturated rings. The molecule has 1 atom stereocenters. The molecule has 0 saturated heterocycles. The van der Waals surface area contributed by atoms with E-state index in [1.54, 1.807) is 51.1 Å². The molecule has 3 N–H and O–H groups in total. The van der Waals surface area contributed by atoms with Crippen molar-refractivity contribution in [2.45, 2.75) is 36.1 Å². The van der Waals surface area contributed by atoms with E-state index in [9.17, 15) is 13.2 Å². The number of nitrogen functional groups attached to an aromatic ring is 1. The van der Waals surface area contributed by atoms with Crippen LogP contribution in [0.4, 0.5) is 5.69 Å². The molecule has 2 aromatic carbocycles. The van der Waals surface area contributed by atoms with Crippen LogP contribution in [0.2, 0.25) is 0 Å². The molecule has 0 saturated carbocycles. The summed E-state index contributed by atoms with van der Waals surface area (Å²) in [4.78, 5) is 12.6. The van der Waals surface area contributed by atoms with Crippen molar-refractivity contribution in [3.63, 3.8) is 0 Å². The Hall–Kier alpha value is -2.89. The second-order valence-electron chi connectivity index (χ2n) is 6.91. The molecule has 0 radical (unpaired) electrons. The minimum absolute atomic E-state index is 0.159. The molecule has 3 rings (SSSR count). The van der Waals surface area contributed by atoms with Gasteiger partial charge in [0.25, 0.3) is 0 Å². The van der Waals surface area contributed by atoms with Crippen LogP contribution >= 0.6 is 11.8 Å². The van der Waals surface area contributed by atoms with Crippen LogP contribution in [0.1, 0.15) is 20.8 Å². The van der Waals surface area contributed by atoms with Crippen LogP contribution in [0.25, 0.3) is 11.4 Å². The van der Waals surface area contributed by atoms with Gasteiger partial charge in [0, 0.05) is 24.3 Å². The normalized spacial score (nSPS) is 12.6. The first-order valence-corrected chi connectivity index (χ1v) is 12.4. The predicted molar refractivity (Wildman–Crippen MR) is 126 cm³/mol. The lowest BCUT2D eigenvalue weighted by Gasteiger charge is -2.18. The number of sulfonamides is 1. The smallest absolute Gasteiger partial charge is 0.243 e. The maximum atomic E-state index is 12.8. The number of para-hydroxylation sites is 1. The van der Waals surface area contributed by atoms with E-state index in [-0.39, 0.29) is 10.8 Å². The van der Waals surface area contributed by atoms with Crippen molar-refractivity contribution in [1.29, 1.82) is 0 Å². The third-order valence-electron chi connectivity index (χ3n) is 4.79. The van der Waals surface area contributed by atoms with Gasteiger partial charge >= 0.3 is 0 Å². The summed E-state index contributed by atoms with van der Waals surface area (Å²) in [5.41, 5.74) is 1.22. The number of aromatic nitrogens is 3. The van der Waals surface area contributed by atoms with Crippen LogP contribution in [0.3, 0.4) is 0 Å². The maximum absolute atomic E-state index is 12.8. The van der Waals surface area contributed by atoms with E-state index >= 15 is 0 Å². The molecule has 0 bridgehead atoms. The van der Waals surface area contributed by atoms with Crippen LogP contribution in [0.15, 0.2) is 64.6 Å². The Morgan fingerprint density at radius 1 is 1.12 bits per heavy atom. The van der Waals surface area contributed by atoms with Gasteiger partial charge in [-0.2, -0.15) is 4.31 Å². The number of benzene rings is 2. The Morgan fingerprint density at radius 3 is 2.47 bits per heavy atom. The number of anilines is 1. The minimum atomic E-state index is -3.62. The average Bonchev–Trinajstić information content (AvgIpc) is 3.15. The van der Waals surface area contributed by atoms with E-state index < -0.39 is 15.3 Å². The number of thioether (sulfide) groups is 1. The molecule has 0 aliphatic rings. The van der Waals surface area contributed by atoms with Gasteiger partial charge in [-0.25, -0.2) is 13.1 Å². The third kappa shape index (κ3) is 5.12. The summed E-state index contributed by atoms with van der Waals surface area (Å²) >= 11 is 1.16. The van der Waals surface area contributed by atoms with Crippen LogP contribution in [0.5, 0.6) is 0 Å². The summed E-state index contributed by atoms with van der Waals surface area (Å²) in [5, 5.41) is 10.9. The van der Waals surface area contributed by atoms with Crippen LogP contribution in [0, 0.1) is 0 Å². The molecule has 0 spiro atoms. The molecule has 1 amide bonds. The number of nitrogens with two attached hydrogens (primary N) is 1. The Morgan fingerprint density at radius 2 is 1.81 bits per heavy atom. The van der Waals surface area contributed by atoms with Gasteiger partial charge in [-0.1, -0.05) is 55.9 Å². The van der Waals surface area contributed by atoms with Gasteiger partial charge in [-0.05, 0) is 31.2 Å². The second kappa shape index (κ2) is 10.2. The van der Waals surface area contributed by atoms with E-state index in [0.717, 1.165) is 11.8 Å². The van der Waals surface area contributed by atoms with Crippen molar-refractivity contribution in [2.75, 3.05) is 24.2 Å². The highest BCUT2D eigenvalue weighted by molar-refractivity contribution is 8.00. The summed E-state index contributed by atoms with van der Waals surface area (Å²) in [7, 11) is -3.62. The highest BCUT2D eigenvalue weighted by atomic mass is 32.2. The number of nitrogens with zero attached hydrogens (tertiary/aromatic N) is 4.